The Labute approximate surface area is 147 Å². The Kier molecular flexibility index (Phi) is 8.56. The number of hydrogen-bond donors (Lipinski definition) is 2. The molecule has 2 aromatic rings. The van der Waals surface area contributed by atoms with Gasteiger partial charge in [-0.2, -0.15) is 0 Å². The minimum absolute atomic E-state index is 0. The van der Waals surface area contributed by atoms with Crippen LogP contribution in [0.2, 0.25) is 0 Å². The molecule has 8 heteroatoms. The predicted octanol–water partition coefficient (Wildman–Crippen LogP) is 1.46. The molecule has 2 N–H and O–H groups in total. The molecule has 0 aliphatic carbocycles. The van der Waals surface area contributed by atoms with Gasteiger partial charge in [0.2, 0.25) is 0 Å². The van der Waals surface area contributed by atoms with Gasteiger partial charge in [0.15, 0.2) is 5.96 Å². The van der Waals surface area contributed by atoms with Gasteiger partial charge in [0.05, 0.1) is 6.26 Å². The molecule has 0 spiro atoms. The van der Waals surface area contributed by atoms with Crippen molar-refractivity contribution in [3.63, 3.8) is 0 Å². The van der Waals surface area contributed by atoms with Crippen LogP contribution in [0.1, 0.15) is 18.5 Å². The van der Waals surface area contributed by atoms with Gasteiger partial charge in [-0.25, -0.2) is 0 Å². The summed E-state index contributed by atoms with van der Waals surface area (Å²) < 4.78 is 7.33. The lowest BCUT2D eigenvalue weighted by Crippen LogP contribution is -2.39. The van der Waals surface area contributed by atoms with E-state index in [4.69, 9.17) is 4.42 Å². The van der Waals surface area contributed by atoms with Crippen molar-refractivity contribution in [2.24, 2.45) is 4.99 Å². The standard InChI is InChI=1S/C14H22N6O.HI/c1-3-13-19-18-11-20(13)9-8-17-14(15-2)16-7-6-12-5-4-10-21-12;/h4-5,10-11H,3,6-9H2,1-2H3,(H2,15,16,17);1H. The average Bonchev–Trinajstić information content (AvgIpc) is 3.16. The van der Waals surface area contributed by atoms with E-state index >= 15 is 0 Å². The first-order valence-electron chi connectivity index (χ1n) is 7.17. The lowest BCUT2D eigenvalue weighted by Gasteiger charge is -2.12. The summed E-state index contributed by atoms with van der Waals surface area (Å²) in [6.45, 7) is 4.43. The van der Waals surface area contributed by atoms with Crippen molar-refractivity contribution in [2.45, 2.75) is 26.3 Å². The van der Waals surface area contributed by atoms with Gasteiger partial charge >= 0.3 is 0 Å². The molecule has 0 saturated heterocycles. The highest BCUT2D eigenvalue weighted by atomic mass is 127. The van der Waals surface area contributed by atoms with Crippen molar-refractivity contribution in [3.05, 3.63) is 36.3 Å². The fourth-order valence-electron chi connectivity index (χ4n) is 2.01. The Morgan fingerprint density at radius 2 is 2.18 bits per heavy atom. The summed E-state index contributed by atoms with van der Waals surface area (Å²) in [7, 11) is 1.76. The van der Waals surface area contributed by atoms with Gasteiger partial charge in [-0.05, 0) is 12.1 Å². The summed E-state index contributed by atoms with van der Waals surface area (Å²) in [4.78, 5) is 4.19. The normalized spacial score (nSPS) is 11.1. The van der Waals surface area contributed by atoms with E-state index in [1.165, 1.54) is 0 Å². The largest absolute Gasteiger partial charge is 0.469 e. The number of halogens is 1. The quantitative estimate of drug-likeness (QED) is 0.405. The van der Waals surface area contributed by atoms with Crippen LogP contribution in [0.3, 0.4) is 0 Å². The summed E-state index contributed by atoms with van der Waals surface area (Å²) in [5.74, 6) is 2.75. The van der Waals surface area contributed by atoms with E-state index in [1.807, 2.05) is 16.7 Å². The minimum atomic E-state index is 0. The molecule has 122 valence electrons. The summed E-state index contributed by atoms with van der Waals surface area (Å²) >= 11 is 0. The van der Waals surface area contributed by atoms with Crippen LogP contribution in [-0.2, 0) is 19.4 Å². The van der Waals surface area contributed by atoms with E-state index in [1.54, 1.807) is 19.6 Å². The number of aryl methyl sites for hydroxylation is 1. The number of aromatic nitrogens is 3. The van der Waals surface area contributed by atoms with Gasteiger partial charge in [-0.1, -0.05) is 6.92 Å². The molecule has 7 nitrogen and oxygen atoms in total. The van der Waals surface area contributed by atoms with Crippen molar-refractivity contribution < 1.29 is 4.42 Å². The zero-order valence-electron chi connectivity index (χ0n) is 13.0. The first-order valence-corrected chi connectivity index (χ1v) is 7.17. The Morgan fingerprint density at radius 3 is 2.86 bits per heavy atom. The van der Waals surface area contributed by atoms with E-state index < -0.39 is 0 Å². The van der Waals surface area contributed by atoms with Crippen LogP contribution in [0.25, 0.3) is 0 Å². The maximum absolute atomic E-state index is 5.29. The molecule has 0 bridgehead atoms. The third-order valence-corrected chi connectivity index (χ3v) is 3.12. The SMILES string of the molecule is CCc1nncn1CCNC(=NC)NCCc1ccco1.I. The maximum atomic E-state index is 5.29. The summed E-state index contributed by atoms with van der Waals surface area (Å²) in [6.07, 6.45) is 5.16. The van der Waals surface area contributed by atoms with E-state index in [-0.39, 0.29) is 24.0 Å². The van der Waals surface area contributed by atoms with Crippen molar-refractivity contribution in [1.82, 2.24) is 25.4 Å². The van der Waals surface area contributed by atoms with Crippen LogP contribution in [-0.4, -0.2) is 40.9 Å². The van der Waals surface area contributed by atoms with Crippen molar-refractivity contribution in [1.29, 1.82) is 0 Å². The number of hydrogen-bond acceptors (Lipinski definition) is 4. The van der Waals surface area contributed by atoms with E-state index in [9.17, 15) is 0 Å². The van der Waals surface area contributed by atoms with Crippen molar-refractivity contribution in [3.8, 4) is 0 Å². The second kappa shape index (κ2) is 10.2. The molecule has 0 saturated carbocycles. The molecule has 0 atom stereocenters. The maximum Gasteiger partial charge on any atom is 0.191 e. The monoisotopic (exact) mass is 418 g/mol. The molecule has 2 heterocycles. The topological polar surface area (TPSA) is 80.3 Å². The molecule has 2 rings (SSSR count). The Morgan fingerprint density at radius 1 is 1.36 bits per heavy atom. The first-order chi connectivity index (χ1) is 10.3. The number of nitrogens with one attached hydrogen (secondary N) is 2. The molecule has 0 aromatic carbocycles. The third kappa shape index (κ3) is 5.66. The highest BCUT2D eigenvalue weighted by Gasteiger charge is 2.02. The second-order valence-electron chi connectivity index (χ2n) is 4.55. The average molecular weight is 418 g/mol. The smallest absolute Gasteiger partial charge is 0.191 e. The Bertz CT molecular complexity index is 551. The van der Waals surface area contributed by atoms with Crippen molar-refractivity contribution in [2.75, 3.05) is 20.1 Å². The molecule has 0 aliphatic rings. The lowest BCUT2D eigenvalue weighted by molar-refractivity contribution is 0.506. The molecule has 22 heavy (non-hydrogen) atoms. The zero-order chi connectivity index (χ0) is 14.9. The van der Waals surface area contributed by atoms with Crippen LogP contribution < -0.4 is 10.6 Å². The van der Waals surface area contributed by atoms with Crippen LogP contribution in [0, 0.1) is 0 Å². The highest BCUT2D eigenvalue weighted by molar-refractivity contribution is 14.0. The molecule has 0 fully saturated rings. The number of furan rings is 1. The highest BCUT2D eigenvalue weighted by Crippen LogP contribution is 1.99. The van der Waals surface area contributed by atoms with Crippen LogP contribution in [0.15, 0.2) is 34.1 Å². The summed E-state index contributed by atoms with van der Waals surface area (Å²) in [5, 5.41) is 14.5. The van der Waals surface area contributed by atoms with E-state index in [0.717, 1.165) is 50.0 Å². The fourth-order valence-corrected chi connectivity index (χ4v) is 2.01. The van der Waals surface area contributed by atoms with Gasteiger partial charge in [0.25, 0.3) is 0 Å². The Hall–Kier alpha value is -1.58. The minimum Gasteiger partial charge on any atom is -0.469 e. The molecule has 0 amide bonds. The molecule has 2 aromatic heterocycles. The van der Waals surface area contributed by atoms with Crippen LogP contribution in [0.5, 0.6) is 0 Å². The molecule has 0 aliphatic heterocycles. The fraction of sp³-hybridized carbons (Fsp3) is 0.500. The number of rotatable bonds is 7. The van der Waals surface area contributed by atoms with E-state index in [0.29, 0.717) is 0 Å². The van der Waals surface area contributed by atoms with Crippen LogP contribution in [0.4, 0.5) is 0 Å². The van der Waals surface area contributed by atoms with Gasteiger partial charge in [0.1, 0.15) is 17.9 Å². The zero-order valence-corrected chi connectivity index (χ0v) is 15.3. The third-order valence-electron chi connectivity index (χ3n) is 3.12. The summed E-state index contributed by atoms with van der Waals surface area (Å²) in [5.41, 5.74) is 0. The molecule has 0 radical (unpaired) electrons. The molecular formula is C14H23IN6O. The van der Waals surface area contributed by atoms with Crippen LogP contribution >= 0.6 is 24.0 Å². The number of aliphatic imine (C=N–C) groups is 1. The van der Waals surface area contributed by atoms with Gasteiger partial charge in [0, 0.05) is 39.5 Å². The van der Waals surface area contributed by atoms with E-state index in [2.05, 4.69) is 32.7 Å². The second-order valence-corrected chi connectivity index (χ2v) is 4.55. The molecule has 0 unspecified atom stereocenters. The van der Waals surface area contributed by atoms with Gasteiger partial charge in [-0.3, -0.25) is 4.99 Å². The first kappa shape index (κ1) is 18.5. The van der Waals surface area contributed by atoms with Gasteiger partial charge < -0.3 is 19.6 Å². The summed E-state index contributed by atoms with van der Waals surface area (Å²) in [6, 6.07) is 3.86. The van der Waals surface area contributed by atoms with Gasteiger partial charge in [-0.15, -0.1) is 34.2 Å². The predicted molar refractivity (Wildman–Crippen MR) is 96.6 cm³/mol. The number of nitrogens with zero attached hydrogens (tertiary/aromatic N) is 4. The lowest BCUT2D eigenvalue weighted by atomic mass is 10.3. The molecular weight excluding hydrogens is 395 g/mol. The van der Waals surface area contributed by atoms with Crippen molar-refractivity contribution >= 4 is 29.9 Å². The Balaban J connectivity index is 0.00000242. The number of guanidine groups is 1.